The van der Waals surface area contributed by atoms with E-state index in [1.54, 1.807) is 0 Å². The van der Waals surface area contributed by atoms with E-state index in [1.807, 2.05) is 0 Å². The van der Waals surface area contributed by atoms with Gasteiger partial charge in [0.1, 0.15) is 0 Å². The van der Waals surface area contributed by atoms with Crippen molar-refractivity contribution in [2.75, 3.05) is 0 Å². The zero-order valence-corrected chi connectivity index (χ0v) is 9.14. The largest absolute Gasteiger partial charge is 0.339 e. The molecule has 0 bridgehead atoms. The first kappa shape index (κ1) is 10.6. The average Bonchev–Trinajstić information content (AvgIpc) is 1.90. The summed E-state index contributed by atoms with van der Waals surface area (Å²) < 4.78 is 0. The van der Waals surface area contributed by atoms with Crippen molar-refractivity contribution in [3.8, 4) is 0 Å². The zero-order chi connectivity index (χ0) is 6.69. The molecule has 0 spiro atoms. The Bertz CT molecular complexity index is 106. The summed E-state index contributed by atoms with van der Waals surface area (Å²) in [4.78, 5) is 10.7. The van der Waals surface area contributed by atoms with Crippen LogP contribution in [0, 0.1) is 12.8 Å². The fourth-order valence-electron chi connectivity index (χ4n) is 1.42. The SMILES string of the molecule is [CH2-]C(=O)C1CCCCC1.[Y]. The minimum atomic E-state index is 0. The Balaban J connectivity index is 0.000000810. The van der Waals surface area contributed by atoms with Gasteiger partial charge in [-0.2, -0.15) is 0 Å². The molecule has 0 aliphatic heterocycles. The molecule has 1 aliphatic rings. The van der Waals surface area contributed by atoms with Crippen LogP contribution in [0.25, 0.3) is 0 Å². The maximum absolute atomic E-state index is 10.7. The fourth-order valence-corrected chi connectivity index (χ4v) is 1.42. The number of rotatable bonds is 1. The van der Waals surface area contributed by atoms with Crippen LogP contribution in [0.15, 0.2) is 0 Å². The second-order valence-corrected chi connectivity index (χ2v) is 2.80. The number of Topliss-reactive ketones (excluding diaryl/α,β-unsaturated/α-hetero) is 1. The van der Waals surface area contributed by atoms with E-state index in [1.165, 1.54) is 19.3 Å². The molecular formula is C8H13OY-. The Labute approximate surface area is 87.8 Å². The predicted octanol–water partition coefficient (Wildman–Crippen LogP) is 1.97. The third-order valence-electron chi connectivity index (χ3n) is 2.06. The Morgan fingerprint density at radius 1 is 1.20 bits per heavy atom. The maximum atomic E-state index is 10.7. The van der Waals surface area contributed by atoms with Crippen LogP contribution >= 0.6 is 0 Å². The van der Waals surface area contributed by atoms with Gasteiger partial charge in [0.15, 0.2) is 0 Å². The maximum Gasteiger partial charge on any atom is 0 e. The number of hydrogen-bond acceptors (Lipinski definition) is 1. The van der Waals surface area contributed by atoms with Crippen LogP contribution in [-0.4, -0.2) is 5.78 Å². The summed E-state index contributed by atoms with van der Waals surface area (Å²) in [7, 11) is 0. The van der Waals surface area contributed by atoms with Crippen molar-refractivity contribution in [2.24, 2.45) is 5.92 Å². The topological polar surface area (TPSA) is 17.1 Å². The number of ketones is 1. The minimum absolute atomic E-state index is 0. The van der Waals surface area contributed by atoms with Crippen molar-refractivity contribution < 1.29 is 37.5 Å². The normalized spacial score (nSPS) is 19.6. The van der Waals surface area contributed by atoms with E-state index in [4.69, 9.17) is 0 Å². The van der Waals surface area contributed by atoms with Gasteiger partial charge in [-0.25, -0.2) is 0 Å². The third-order valence-corrected chi connectivity index (χ3v) is 2.06. The van der Waals surface area contributed by atoms with Gasteiger partial charge in [-0.05, 0) is 24.5 Å². The monoisotopic (exact) mass is 214 g/mol. The van der Waals surface area contributed by atoms with E-state index in [-0.39, 0.29) is 38.5 Å². The van der Waals surface area contributed by atoms with Gasteiger partial charge < -0.3 is 11.7 Å². The Morgan fingerprint density at radius 3 is 2.00 bits per heavy atom. The molecule has 0 unspecified atom stereocenters. The van der Waals surface area contributed by atoms with Crippen molar-refractivity contribution in [3.63, 3.8) is 0 Å². The van der Waals surface area contributed by atoms with E-state index in [9.17, 15) is 4.79 Å². The predicted molar refractivity (Wildman–Crippen MR) is 36.9 cm³/mol. The molecule has 0 saturated heterocycles. The molecule has 1 nitrogen and oxygen atoms in total. The second kappa shape index (κ2) is 5.31. The molecule has 1 fully saturated rings. The second-order valence-electron chi connectivity index (χ2n) is 2.80. The Kier molecular flexibility index (Phi) is 5.66. The summed E-state index contributed by atoms with van der Waals surface area (Å²) in [6, 6.07) is 0. The minimum Gasteiger partial charge on any atom is -0.339 e. The molecule has 0 atom stereocenters. The van der Waals surface area contributed by atoms with E-state index >= 15 is 0 Å². The summed E-state index contributed by atoms with van der Waals surface area (Å²) in [6.45, 7) is 3.42. The molecule has 1 radical (unpaired) electrons. The van der Waals surface area contributed by atoms with Crippen LogP contribution in [0.1, 0.15) is 32.1 Å². The van der Waals surface area contributed by atoms with Crippen molar-refractivity contribution in [1.29, 1.82) is 0 Å². The molecule has 1 saturated carbocycles. The first-order valence-electron chi connectivity index (χ1n) is 3.66. The Hall–Kier alpha value is 0.644. The quantitative estimate of drug-likeness (QED) is 0.610. The molecule has 10 heavy (non-hydrogen) atoms. The van der Waals surface area contributed by atoms with Crippen LogP contribution in [0.2, 0.25) is 0 Å². The van der Waals surface area contributed by atoms with Gasteiger partial charge in [0.25, 0.3) is 0 Å². The molecular weight excluding hydrogens is 201 g/mol. The van der Waals surface area contributed by atoms with Gasteiger partial charge in [-0.3, -0.25) is 0 Å². The van der Waals surface area contributed by atoms with Crippen LogP contribution in [0.4, 0.5) is 0 Å². The molecule has 0 heterocycles. The van der Waals surface area contributed by atoms with Gasteiger partial charge >= 0.3 is 0 Å². The van der Waals surface area contributed by atoms with Gasteiger partial charge in [0, 0.05) is 32.7 Å². The van der Waals surface area contributed by atoms with Gasteiger partial charge in [0.05, 0.1) is 0 Å². The van der Waals surface area contributed by atoms with Gasteiger partial charge in [-0.1, -0.05) is 19.3 Å². The van der Waals surface area contributed by atoms with E-state index in [0.717, 1.165) is 12.8 Å². The Morgan fingerprint density at radius 2 is 1.70 bits per heavy atom. The summed E-state index contributed by atoms with van der Waals surface area (Å²) in [5.41, 5.74) is 0. The molecule has 0 amide bonds. The first-order chi connectivity index (χ1) is 4.30. The number of carbonyl (C=O) groups excluding carboxylic acids is 1. The third kappa shape index (κ3) is 3.16. The van der Waals surface area contributed by atoms with Crippen LogP contribution in [-0.2, 0) is 37.5 Å². The van der Waals surface area contributed by atoms with E-state index in [2.05, 4.69) is 6.92 Å². The molecule has 0 aromatic heterocycles. The first-order valence-corrected chi connectivity index (χ1v) is 3.66. The molecule has 2 heteroatoms. The van der Waals surface area contributed by atoms with Crippen molar-refractivity contribution >= 4 is 5.78 Å². The number of hydrogen-bond donors (Lipinski definition) is 0. The molecule has 0 aromatic rings. The standard InChI is InChI=1S/C8H13O.Y/c1-7(9)8-5-3-2-4-6-8;/h8H,1-6H2;/q-1;. The average molecular weight is 214 g/mol. The van der Waals surface area contributed by atoms with Crippen LogP contribution in [0.5, 0.6) is 0 Å². The molecule has 0 aromatic carbocycles. The summed E-state index contributed by atoms with van der Waals surface area (Å²) in [6.07, 6.45) is 5.94. The smallest absolute Gasteiger partial charge is 0 e. The fraction of sp³-hybridized carbons (Fsp3) is 0.750. The molecule has 1 rings (SSSR count). The molecule has 55 valence electrons. The molecule has 1 aliphatic carbocycles. The van der Waals surface area contributed by atoms with Crippen molar-refractivity contribution in [2.45, 2.75) is 32.1 Å². The molecule has 0 N–H and O–H groups in total. The van der Waals surface area contributed by atoms with Gasteiger partial charge in [0.2, 0.25) is 0 Å². The number of carbonyl (C=O) groups is 1. The van der Waals surface area contributed by atoms with Crippen molar-refractivity contribution in [3.05, 3.63) is 6.92 Å². The summed E-state index contributed by atoms with van der Waals surface area (Å²) in [5, 5.41) is 0. The van der Waals surface area contributed by atoms with Gasteiger partial charge in [-0.15, -0.1) is 0 Å². The van der Waals surface area contributed by atoms with E-state index < -0.39 is 0 Å². The van der Waals surface area contributed by atoms with E-state index in [0.29, 0.717) is 5.92 Å². The zero-order valence-electron chi connectivity index (χ0n) is 6.31. The van der Waals surface area contributed by atoms with Crippen LogP contribution in [0.3, 0.4) is 0 Å². The van der Waals surface area contributed by atoms with Crippen LogP contribution < -0.4 is 0 Å². The summed E-state index contributed by atoms with van der Waals surface area (Å²) in [5.74, 6) is 0.452. The summed E-state index contributed by atoms with van der Waals surface area (Å²) >= 11 is 0. The van der Waals surface area contributed by atoms with Crippen molar-refractivity contribution in [1.82, 2.24) is 0 Å².